The summed E-state index contributed by atoms with van der Waals surface area (Å²) in [5.74, 6) is -4.87. The maximum absolute atomic E-state index is 10.6. The Hall–Kier alpha value is -2.75. The van der Waals surface area contributed by atoms with Crippen LogP contribution in [0.4, 0.5) is 26.3 Å². The fourth-order valence-electron chi connectivity index (χ4n) is 4.36. The van der Waals surface area contributed by atoms with E-state index in [9.17, 15) is 26.3 Å². The summed E-state index contributed by atoms with van der Waals surface area (Å²) >= 11 is 1.86. The summed E-state index contributed by atoms with van der Waals surface area (Å²) in [5.41, 5.74) is 1.25. The summed E-state index contributed by atoms with van der Waals surface area (Å²) in [6.45, 7) is 5.76. The largest absolute Gasteiger partial charge is 0.490 e. The van der Waals surface area contributed by atoms with Gasteiger partial charge in [0, 0.05) is 50.1 Å². The third-order valence-corrected chi connectivity index (χ3v) is 7.21. The zero-order chi connectivity index (χ0) is 29.8. The van der Waals surface area contributed by atoms with Crippen LogP contribution in [0.25, 0.3) is 0 Å². The topological polar surface area (TPSA) is 109 Å². The van der Waals surface area contributed by atoms with Gasteiger partial charge in [0.05, 0.1) is 12.2 Å². The smallest absolute Gasteiger partial charge is 0.475 e. The van der Waals surface area contributed by atoms with Crippen molar-refractivity contribution in [1.82, 2.24) is 9.88 Å². The minimum Gasteiger partial charge on any atom is -0.475 e. The number of piperidine rings is 1. The van der Waals surface area contributed by atoms with Gasteiger partial charge in [-0.25, -0.2) is 9.59 Å². The highest BCUT2D eigenvalue weighted by Crippen LogP contribution is 2.42. The van der Waals surface area contributed by atoms with E-state index in [1.807, 2.05) is 23.6 Å². The summed E-state index contributed by atoms with van der Waals surface area (Å²) in [6, 6.07) is 8.41. The minimum absolute atomic E-state index is 0.101. The average molecular weight is 601 g/mol. The molecule has 2 N–H and O–H groups in total. The van der Waals surface area contributed by atoms with E-state index in [0.717, 1.165) is 57.7 Å². The third kappa shape index (κ3) is 11.4. The predicted molar refractivity (Wildman–Crippen MR) is 132 cm³/mol. The number of hydrogen-bond acceptors (Lipinski definition) is 7. The lowest BCUT2D eigenvalue weighted by atomic mass is 9.78. The molecule has 2 aliphatic heterocycles. The van der Waals surface area contributed by atoms with E-state index in [1.54, 1.807) is 6.20 Å². The Bertz CT molecular complexity index is 1000. The number of carbonyl (C=O) groups is 2. The van der Waals surface area contributed by atoms with E-state index in [1.165, 1.54) is 11.3 Å². The Morgan fingerprint density at radius 3 is 2.20 bits per heavy atom. The molecule has 4 rings (SSSR count). The molecule has 0 amide bonds. The number of halogens is 6. The molecule has 224 valence electrons. The minimum atomic E-state index is -5.08. The summed E-state index contributed by atoms with van der Waals surface area (Å²) in [5, 5.41) is 16.4. The van der Waals surface area contributed by atoms with Crippen molar-refractivity contribution in [2.75, 3.05) is 26.3 Å². The molecule has 1 spiro atoms. The van der Waals surface area contributed by atoms with Crippen molar-refractivity contribution in [3.63, 3.8) is 0 Å². The number of hydrogen-bond donors (Lipinski definition) is 2. The lowest BCUT2D eigenvalue weighted by molar-refractivity contribution is -0.193. The van der Waals surface area contributed by atoms with Gasteiger partial charge in [0.25, 0.3) is 0 Å². The van der Waals surface area contributed by atoms with Crippen molar-refractivity contribution >= 4 is 23.3 Å². The lowest BCUT2D eigenvalue weighted by Gasteiger charge is -2.42. The Balaban J connectivity index is 0.000000333. The van der Waals surface area contributed by atoms with Crippen LogP contribution < -0.4 is 0 Å². The third-order valence-electron chi connectivity index (χ3n) is 6.35. The molecule has 0 aromatic carbocycles. The van der Waals surface area contributed by atoms with E-state index in [4.69, 9.17) is 29.3 Å². The molecule has 0 saturated carbocycles. The van der Waals surface area contributed by atoms with Crippen molar-refractivity contribution < 1.29 is 55.6 Å². The zero-order valence-electron chi connectivity index (χ0n) is 21.3. The van der Waals surface area contributed by atoms with Crippen LogP contribution >= 0.6 is 11.3 Å². The van der Waals surface area contributed by atoms with Gasteiger partial charge in [-0.3, -0.25) is 9.88 Å². The fourth-order valence-corrected chi connectivity index (χ4v) is 5.10. The molecule has 4 heterocycles. The van der Waals surface area contributed by atoms with Gasteiger partial charge in [0.1, 0.15) is 0 Å². The zero-order valence-corrected chi connectivity index (χ0v) is 22.1. The van der Waals surface area contributed by atoms with Crippen molar-refractivity contribution in [1.29, 1.82) is 0 Å². The second kappa shape index (κ2) is 15.3. The summed E-state index contributed by atoms with van der Waals surface area (Å²) in [6.07, 6.45) is -1.89. The number of thiophene rings is 1. The summed E-state index contributed by atoms with van der Waals surface area (Å²) < 4.78 is 75.7. The van der Waals surface area contributed by atoms with Gasteiger partial charge in [0.15, 0.2) is 0 Å². The van der Waals surface area contributed by atoms with Crippen LogP contribution in [0.15, 0.2) is 42.0 Å². The van der Waals surface area contributed by atoms with E-state index >= 15 is 0 Å². The van der Waals surface area contributed by atoms with Crippen LogP contribution in [0, 0.1) is 5.92 Å². The number of alkyl halides is 6. The normalized spacial score (nSPS) is 18.8. The van der Waals surface area contributed by atoms with Crippen LogP contribution in [0.5, 0.6) is 0 Å². The molecule has 40 heavy (non-hydrogen) atoms. The molecule has 2 aliphatic rings. The van der Waals surface area contributed by atoms with Crippen molar-refractivity contribution in [3.8, 4) is 0 Å². The molecule has 0 aliphatic carbocycles. The van der Waals surface area contributed by atoms with E-state index in [0.29, 0.717) is 12.5 Å². The number of pyridine rings is 1. The summed E-state index contributed by atoms with van der Waals surface area (Å²) in [4.78, 5) is 26.0. The number of carboxylic acid groups (broad SMARTS) is 2. The predicted octanol–water partition coefficient (Wildman–Crippen LogP) is 5.39. The van der Waals surface area contributed by atoms with Crippen LogP contribution in [0.3, 0.4) is 0 Å². The second-order valence-corrected chi connectivity index (χ2v) is 10.1. The fraction of sp³-hybridized carbons (Fsp3) is 0.560. The molecule has 2 saturated heterocycles. The van der Waals surface area contributed by atoms with E-state index in [-0.39, 0.29) is 5.60 Å². The van der Waals surface area contributed by atoms with Gasteiger partial charge in [0.2, 0.25) is 0 Å². The Morgan fingerprint density at radius 2 is 1.70 bits per heavy atom. The van der Waals surface area contributed by atoms with Crippen LogP contribution in [0.1, 0.15) is 36.1 Å². The van der Waals surface area contributed by atoms with Crippen LogP contribution in [-0.4, -0.2) is 76.3 Å². The van der Waals surface area contributed by atoms with Gasteiger partial charge in [-0.2, -0.15) is 26.3 Å². The number of rotatable bonds is 7. The SMILES string of the molecule is O=C(O)C(F)(F)F.O=C(O)C(F)(F)F.c1cncc(COCCC2CCOC23CCN(Cc2cccs2)CC3)c1. The Kier molecular flexibility index (Phi) is 12.8. The molecular formula is C25H30F6N2O6S. The molecule has 2 aromatic heterocycles. The lowest BCUT2D eigenvalue weighted by Crippen LogP contribution is -2.47. The number of likely N-dealkylation sites (tertiary alicyclic amines) is 1. The van der Waals surface area contributed by atoms with E-state index < -0.39 is 24.3 Å². The standard InChI is InChI=1S/C21H28N2O2S.2C2HF3O2/c1-3-18(15-22-9-1)17-24-12-5-19-6-13-25-21(19)7-10-23(11-8-21)16-20-4-2-14-26-20;2*3-2(4,5)1(6)7/h1-4,9,14-15,19H,5-8,10-13,16-17H2;2*(H,6,7). The number of nitrogens with zero attached hydrogens (tertiary/aromatic N) is 2. The maximum Gasteiger partial charge on any atom is 0.490 e. The van der Waals surface area contributed by atoms with Crippen LogP contribution in [-0.2, 0) is 32.2 Å². The van der Waals surface area contributed by atoms with Crippen molar-refractivity contribution in [2.45, 2.75) is 56.8 Å². The van der Waals surface area contributed by atoms with Crippen molar-refractivity contribution in [2.24, 2.45) is 5.92 Å². The Labute approximate surface area is 230 Å². The van der Waals surface area contributed by atoms with Gasteiger partial charge in [-0.15, -0.1) is 11.3 Å². The van der Waals surface area contributed by atoms with E-state index in [2.05, 4.69) is 33.5 Å². The molecular weight excluding hydrogens is 570 g/mol. The number of aromatic nitrogens is 1. The first-order valence-electron chi connectivity index (χ1n) is 12.2. The molecule has 2 fully saturated rings. The van der Waals surface area contributed by atoms with Gasteiger partial charge < -0.3 is 19.7 Å². The first-order valence-corrected chi connectivity index (χ1v) is 13.1. The molecule has 15 heteroatoms. The number of carboxylic acids is 2. The number of aliphatic carboxylic acids is 2. The van der Waals surface area contributed by atoms with Gasteiger partial charge in [-0.1, -0.05) is 12.1 Å². The highest BCUT2D eigenvalue weighted by Gasteiger charge is 2.45. The molecule has 1 atom stereocenters. The molecule has 0 bridgehead atoms. The Morgan fingerprint density at radius 1 is 1.07 bits per heavy atom. The molecule has 0 radical (unpaired) electrons. The monoisotopic (exact) mass is 600 g/mol. The average Bonchev–Trinajstić information content (AvgIpc) is 3.54. The second-order valence-electron chi connectivity index (χ2n) is 9.06. The quantitative estimate of drug-likeness (QED) is 0.322. The summed E-state index contributed by atoms with van der Waals surface area (Å²) in [7, 11) is 0. The van der Waals surface area contributed by atoms with Crippen LogP contribution in [0.2, 0.25) is 0 Å². The molecule has 1 unspecified atom stereocenters. The number of ether oxygens (including phenoxy) is 2. The maximum atomic E-state index is 10.6. The first kappa shape index (κ1) is 33.5. The first-order chi connectivity index (χ1) is 18.7. The highest BCUT2D eigenvalue weighted by atomic mass is 32.1. The molecule has 8 nitrogen and oxygen atoms in total. The molecule has 2 aromatic rings. The van der Waals surface area contributed by atoms with Gasteiger partial charge in [-0.05, 0) is 54.7 Å². The highest BCUT2D eigenvalue weighted by molar-refractivity contribution is 7.09. The van der Waals surface area contributed by atoms with Gasteiger partial charge >= 0.3 is 24.3 Å². The van der Waals surface area contributed by atoms with Crippen molar-refractivity contribution in [3.05, 3.63) is 52.5 Å².